The molecular weight excluding hydrogens is 246 g/mol. The van der Waals surface area contributed by atoms with Crippen LogP contribution in [0.1, 0.15) is 51.1 Å². The van der Waals surface area contributed by atoms with Crippen molar-refractivity contribution in [3.8, 4) is 5.75 Å². The highest BCUT2D eigenvalue weighted by molar-refractivity contribution is 5.32. The van der Waals surface area contributed by atoms with E-state index in [-0.39, 0.29) is 0 Å². The van der Waals surface area contributed by atoms with Crippen molar-refractivity contribution in [1.82, 2.24) is 5.32 Å². The summed E-state index contributed by atoms with van der Waals surface area (Å²) in [5.74, 6) is 3.85. The van der Waals surface area contributed by atoms with E-state index in [1.807, 2.05) is 6.92 Å². The van der Waals surface area contributed by atoms with Crippen molar-refractivity contribution < 1.29 is 4.74 Å². The zero-order valence-electron chi connectivity index (χ0n) is 12.8. The first-order valence-corrected chi connectivity index (χ1v) is 8.31. The Bertz CT molecular complexity index is 435. The molecule has 0 bridgehead atoms. The van der Waals surface area contributed by atoms with E-state index in [1.54, 1.807) is 0 Å². The summed E-state index contributed by atoms with van der Waals surface area (Å²) in [4.78, 5) is 0. The topological polar surface area (TPSA) is 21.3 Å². The number of hydrogen-bond donors (Lipinski definition) is 1. The lowest BCUT2D eigenvalue weighted by atomic mass is 9.96. The third kappa shape index (κ3) is 2.71. The van der Waals surface area contributed by atoms with Gasteiger partial charge in [-0.05, 0) is 68.2 Å². The van der Waals surface area contributed by atoms with Crippen LogP contribution < -0.4 is 10.1 Å². The smallest absolute Gasteiger partial charge is 0.119 e. The van der Waals surface area contributed by atoms with Crippen LogP contribution in [0, 0.1) is 17.8 Å². The van der Waals surface area contributed by atoms with Crippen LogP contribution in [0.25, 0.3) is 0 Å². The number of benzene rings is 1. The maximum atomic E-state index is 5.67. The van der Waals surface area contributed by atoms with Crippen LogP contribution in [0.15, 0.2) is 24.3 Å². The van der Waals surface area contributed by atoms with Crippen LogP contribution >= 0.6 is 0 Å². The predicted molar refractivity (Wildman–Crippen MR) is 83.0 cm³/mol. The Balaban J connectivity index is 1.76. The highest BCUT2D eigenvalue weighted by Gasteiger charge is 2.55. The first-order valence-electron chi connectivity index (χ1n) is 8.31. The molecule has 1 N–H and O–H groups in total. The van der Waals surface area contributed by atoms with Gasteiger partial charge < -0.3 is 10.1 Å². The van der Waals surface area contributed by atoms with E-state index >= 15 is 0 Å². The van der Waals surface area contributed by atoms with E-state index < -0.39 is 0 Å². The third-order valence-electron chi connectivity index (χ3n) is 5.00. The lowest BCUT2D eigenvalue weighted by Gasteiger charge is -2.21. The molecule has 2 aliphatic rings. The predicted octanol–water partition coefficient (Wildman–Crippen LogP) is 4.17. The fourth-order valence-corrected chi connectivity index (χ4v) is 4.11. The van der Waals surface area contributed by atoms with Crippen LogP contribution in [0.2, 0.25) is 0 Å². The molecule has 0 aliphatic heterocycles. The quantitative estimate of drug-likeness (QED) is 0.805. The molecule has 20 heavy (non-hydrogen) atoms. The van der Waals surface area contributed by atoms with Crippen LogP contribution in [0.3, 0.4) is 0 Å². The van der Waals surface area contributed by atoms with Crippen molar-refractivity contribution in [2.45, 2.75) is 45.6 Å². The highest BCUT2D eigenvalue weighted by Crippen LogP contribution is 2.62. The number of ether oxygens (including phenoxy) is 1. The van der Waals surface area contributed by atoms with E-state index in [1.165, 1.54) is 31.2 Å². The van der Waals surface area contributed by atoms with Crippen molar-refractivity contribution in [3.63, 3.8) is 0 Å². The molecule has 3 rings (SSSR count). The summed E-state index contributed by atoms with van der Waals surface area (Å²) < 4.78 is 5.67. The molecule has 110 valence electrons. The lowest BCUT2D eigenvalue weighted by molar-refractivity contribution is 0.338. The summed E-state index contributed by atoms with van der Waals surface area (Å²) in [5, 5.41) is 3.79. The normalized spacial score (nSPS) is 29.0. The SMILES string of the molecule is CCCNC(c1cccc(OCC)c1)C1C2CCCC21. The van der Waals surface area contributed by atoms with Gasteiger partial charge in [0.15, 0.2) is 0 Å². The van der Waals surface area contributed by atoms with Crippen molar-refractivity contribution in [1.29, 1.82) is 0 Å². The number of fused-ring (bicyclic) bond motifs is 1. The van der Waals surface area contributed by atoms with Gasteiger partial charge in [0, 0.05) is 6.04 Å². The fraction of sp³-hybridized carbons (Fsp3) is 0.667. The van der Waals surface area contributed by atoms with Gasteiger partial charge in [-0.15, -0.1) is 0 Å². The van der Waals surface area contributed by atoms with Gasteiger partial charge in [-0.2, -0.15) is 0 Å². The van der Waals surface area contributed by atoms with Gasteiger partial charge in [-0.25, -0.2) is 0 Å². The van der Waals surface area contributed by atoms with E-state index in [9.17, 15) is 0 Å². The van der Waals surface area contributed by atoms with Crippen LogP contribution in [-0.4, -0.2) is 13.2 Å². The first-order chi connectivity index (χ1) is 9.85. The Kier molecular flexibility index (Phi) is 4.30. The standard InChI is InChI=1S/C18H27NO/c1-3-11-19-18(17-15-9-6-10-16(15)17)13-7-5-8-14(12-13)20-4-2/h5,7-8,12,15-19H,3-4,6,9-11H2,1-2H3. The first kappa shape index (κ1) is 13.9. The molecule has 0 heterocycles. The van der Waals surface area contributed by atoms with Gasteiger partial charge >= 0.3 is 0 Å². The Hall–Kier alpha value is -1.02. The molecule has 0 amide bonds. The number of nitrogens with one attached hydrogen (secondary N) is 1. The molecule has 2 heteroatoms. The molecule has 2 saturated carbocycles. The highest BCUT2D eigenvalue weighted by atomic mass is 16.5. The van der Waals surface area contributed by atoms with Crippen LogP contribution in [0.5, 0.6) is 5.75 Å². The van der Waals surface area contributed by atoms with Gasteiger partial charge in [0.1, 0.15) is 5.75 Å². The van der Waals surface area contributed by atoms with E-state index in [4.69, 9.17) is 4.74 Å². The summed E-state index contributed by atoms with van der Waals surface area (Å²) in [6.07, 6.45) is 5.55. The molecule has 2 aliphatic carbocycles. The Labute approximate surface area is 122 Å². The maximum Gasteiger partial charge on any atom is 0.119 e. The summed E-state index contributed by atoms with van der Waals surface area (Å²) in [6.45, 7) is 6.14. The fourth-order valence-electron chi connectivity index (χ4n) is 4.11. The largest absolute Gasteiger partial charge is 0.494 e. The van der Waals surface area contributed by atoms with E-state index in [0.29, 0.717) is 6.04 Å². The zero-order chi connectivity index (χ0) is 13.9. The van der Waals surface area contributed by atoms with Crippen molar-refractivity contribution in [3.05, 3.63) is 29.8 Å². The van der Waals surface area contributed by atoms with Crippen molar-refractivity contribution in [2.75, 3.05) is 13.2 Å². The summed E-state index contributed by atoms with van der Waals surface area (Å²) in [7, 11) is 0. The van der Waals surface area contributed by atoms with Crippen LogP contribution in [0.4, 0.5) is 0 Å². The number of rotatable bonds is 7. The third-order valence-corrected chi connectivity index (χ3v) is 5.00. The zero-order valence-corrected chi connectivity index (χ0v) is 12.8. The molecule has 0 saturated heterocycles. The van der Waals surface area contributed by atoms with Gasteiger partial charge in [-0.1, -0.05) is 25.5 Å². The molecule has 1 aromatic rings. The van der Waals surface area contributed by atoms with E-state index in [0.717, 1.165) is 36.7 Å². The summed E-state index contributed by atoms with van der Waals surface area (Å²) in [6, 6.07) is 9.25. The monoisotopic (exact) mass is 273 g/mol. The minimum absolute atomic E-state index is 0.533. The van der Waals surface area contributed by atoms with E-state index in [2.05, 4.69) is 36.5 Å². The van der Waals surface area contributed by atoms with Gasteiger partial charge in [0.05, 0.1) is 6.61 Å². The Morgan fingerprint density at radius 3 is 2.75 bits per heavy atom. The minimum atomic E-state index is 0.533. The minimum Gasteiger partial charge on any atom is -0.494 e. The second-order valence-electron chi connectivity index (χ2n) is 6.27. The van der Waals surface area contributed by atoms with Crippen molar-refractivity contribution in [2.24, 2.45) is 17.8 Å². The second kappa shape index (κ2) is 6.17. The van der Waals surface area contributed by atoms with Gasteiger partial charge in [-0.3, -0.25) is 0 Å². The van der Waals surface area contributed by atoms with Gasteiger partial charge in [0.25, 0.3) is 0 Å². The summed E-state index contributed by atoms with van der Waals surface area (Å²) >= 11 is 0. The lowest BCUT2D eigenvalue weighted by Crippen LogP contribution is -2.25. The van der Waals surface area contributed by atoms with Gasteiger partial charge in [0.2, 0.25) is 0 Å². The number of hydrogen-bond acceptors (Lipinski definition) is 2. The molecule has 3 atom stereocenters. The summed E-state index contributed by atoms with van der Waals surface area (Å²) in [5.41, 5.74) is 1.42. The average Bonchev–Trinajstić information content (AvgIpc) is 2.93. The molecule has 2 fully saturated rings. The maximum absolute atomic E-state index is 5.67. The molecule has 0 aromatic heterocycles. The molecular formula is C18H27NO. The Morgan fingerprint density at radius 2 is 2.05 bits per heavy atom. The molecule has 0 radical (unpaired) electrons. The molecule has 2 nitrogen and oxygen atoms in total. The molecule has 3 unspecified atom stereocenters. The second-order valence-corrected chi connectivity index (χ2v) is 6.27. The average molecular weight is 273 g/mol. The van der Waals surface area contributed by atoms with Crippen molar-refractivity contribution >= 4 is 0 Å². The molecule has 1 aromatic carbocycles. The van der Waals surface area contributed by atoms with Crippen LogP contribution in [-0.2, 0) is 0 Å². The molecule has 0 spiro atoms. The Morgan fingerprint density at radius 1 is 1.25 bits per heavy atom.